The third-order valence-electron chi connectivity index (χ3n) is 3.14. The summed E-state index contributed by atoms with van der Waals surface area (Å²) in [5, 5.41) is 0. The van der Waals surface area contributed by atoms with Crippen LogP contribution in [-0.2, 0) is 11.2 Å². The zero-order valence-corrected chi connectivity index (χ0v) is 13.7. The summed E-state index contributed by atoms with van der Waals surface area (Å²) in [6.07, 6.45) is 2.59. The molecular formula is C17H26N2O. The number of aromatic nitrogens is 1. The molecule has 3 heteroatoms. The average Bonchev–Trinajstić information content (AvgIpc) is 2.28. The van der Waals surface area contributed by atoms with E-state index in [1.807, 2.05) is 0 Å². The molecule has 0 radical (unpaired) electrons. The standard InChI is InChI=1S/C17H26N2O/c1-11(2)14-8-13(9-17(5,6)7)19-15(12(3)4)16(14)18-10-20/h8,11-12H,9H2,1-7H3. The lowest BCUT2D eigenvalue weighted by Gasteiger charge is -2.21. The molecule has 0 aliphatic carbocycles. The second kappa shape index (κ2) is 6.32. The molecule has 1 aromatic rings. The maximum absolute atomic E-state index is 10.7. The molecule has 1 aromatic heterocycles. The highest BCUT2D eigenvalue weighted by Crippen LogP contribution is 2.35. The van der Waals surface area contributed by atoms with Crippen molar-refractivity contribution in [3.63, 3.8) is 0 Å². The van der Waals surface area contributed by atoms with E-state index < -0.39 is 0 Å². The maximum Gasteiger partial charge on any atom is 0.240 e. The molecule has 0 bridgehead atoms. The van der Waals surface area contributed by atoms with Crippen LogP contribution in [0.3, 0.4) is 0 Å². The Kier molecular flexibility index (Phi) is 5.24. The summed E-state index contributed by atoms with van der Waals surface area (Å²) >= 11 is 0. The van der Waals surface area contributed by atoms with Crippen LogP contribution in [0.1, 0.15) is 77.3 Å². The van der Waals surface area contributed by atoms with Crippen LogP contribution in [0.5, 0.6) is 0 Å². The van der Waals surface area contributed by atoms with Gasteiger partial charge in [-0.15, -0.1) is 0 Å². The molecule has 0 saturated carbocycles. The van der Waals surface area contributed by atoms with E-state index in [9.17, 15) is 4.79 Å². The molecule has 0 aromatic carbocycles. The molecule has 0 saturated heterocycles. The predicted octanol–water partition coefficient (Wildman–Crippen LogP) is 4.88. The van der Waals surface area contributed by atoms with Gasteiger partial charge >= 0.3 is 0 Å². The summed E-state index contributed by atoms with van der Waals surface area (Å²) < 4.78 is 0. The van der Waals surface area contributed by atoms with Crippen LogP contribution in [0.15, 0.2) is 11.1 Å². The van der Waals surface area contributed by atoms with E-state index in [4.69, 9.17) is 4.98 Å². The monoisotopic (exact) mass is 274 g/mol. The minimum absolute atomic E-state index is 0.185. The molecule has 0 fully saturated rings. The predicted molar refractivity (Wildman–Crippen MR) is 83.4 cm³/mol. The van der Waals surface area contributed by atoms with Gasteiger partial charge < -0.3 is 0 Å². The van der Waals surface area contributed by atoms with Gasteiger partial charge in [-0.2, -0.15) is 4.99 Å². The zero-order chi connectivity index (χ0) is 15.5. The summed E-state index contributed by atoms with van der Waals surface area (Å²) in [6.45, 7) is 15.0. The van der Waals surface area contributed by atoms with Crippen LogP contribution in [0, 0.1) is 5.41 Å². The van der Waals surface area contributed by atoms with E-state index in [2.05, 4.69) is 59.5 Å². The largest absolute Gasteiger partial charge is 0.255 e. The van der Waals surface area contributed by atoms with Crippen molar-refractivity contribution in [3.05, 3.63) is 23.0 Å². The Morgan fingerprint density at radius 3 is 2.20 bits per heavy atom. The Morgan fingerprint density at radius 1 is 1.20 bits per heavy atom. The molecule has 0 unspecified atom stereocenters. The smallest absolute Gasteiger partial charge is 0.240 e. The van der Waals surface area contributed by atoms with Gasteiger partial charge in [-0.25, -0.2) is 4.79 Å². The van der Waals surface area contributed by atoms with Gasteiger partial charge in [0.15, 0.2) is 0 Å². The van der Waals surface area contributed by atoms with E-state index >= 15 is 0 Å². The van der Waals surface area contributed by atoms with Crippen molar-refractivity contribution < 1.29 is 4.79 Å². The Balaban J connectivity index is 3.50. The molecule has 20 heavy (non-hydrogen) atoms. The van der Waals surface area contributed by atoms with Crippen molar-refractivity contribution in [3.8, 4) is 0 Å². The summed E-state index contributed by atoms with van der Waals surface area (Å²) in [5.74, 6) is 0.542. The molecule has 3 nitrogen and oxygen atoms in total. The van der Waals surface area contributed by atoms with Gasteiger partial charge in [-0.05, 0) is 35.3 Å². The molecule has 110 valence electrons. The van der Waals surface area contributed by atoms with Gasteiger partial charge in [-0.1, -0.05) is 48.5 Å². The SMILES string of the molecule is CC(C)c1cc(CC(C)(C)C)nc(C(C)C)c1N=C=O. The molecule has 0 aliphatic heterocycles. The van der Waals surface area contributed by atoms with Gasteiger partial charge in [-0.3, -0.25) is 4.98 Å². The van der Waals surface area contributed by atoms with E-state index in [0.29, 0.717) is 11.6 Å². The van der Waals surface area contributed by atoms with Crippen LogP contribution in [0.25, 0.3) is 0 Å². The summed E-state index contributed by atoms with van der Waals surface area (Å²) in [6, 6.07) is 2.10. The Bertz CT molecular complexity index is 489. The van der Waals surface area contributed by atoms with Crippen LogP contribution in [0.2, 0.25) is 0 Å². The van der Waals surface area contributed by atoms with Crippen molar-refractivity contribution in [1.82, 2.24) is 4.98 Å². The van der Waals surface area contributed by atoms with E-state index in [1.54, 1.807) is 6.08 Å². The van der Waals surface area contributed by atoms with E-state index in [1.165, 1.54) is 0 Å². The third kappa shape index (κ3) is 4.28. The first kappa shape index (κ1) is 16.6. The molecule has 0 amide bonds. The first-order chi connectivity index (χ1) is 9.15. The second-order valence-electron chi connectivity index (χ2n) is 7.19. The van der Waals surface area contributed by atoms with Gasteiger partial charge in [0.05, 0.1) is 5.69 Å². The lowest BCUT2D eigenvalue weighted by molar-refractivity contribution is 0.405. The van der Waals surface area contributed by atoms with E-state index in [0.717, 1.165) is 23.4 Å². The number of nitrogens with zero attached hydrogens (tertiary/aromatic N) is 2. The Hall–Kier alpha value is -1.47. The number of isocyanates is 1. The fraction of sp³-hybridized carbons (Fsp3) is 0.647. The summed E-state index contributed by atoms with van der Waals surface area (Å²) in [4.78, 5) is 19.4. The minimum Gasteiger partial charge on any atom is -0.255 e. The zero-order valence-electron chi connectivity index (χ0n) is 13.7. The maximum atomic E-state index is 10.7. The van der Waals surface area contributed by atoms with Gasteiger partial charge in [0.1, 0.15) is 5.69 Å². The average molecular weight is 274 g/mol. The van der Waals surface area contributed by atoms with Crippen LogP contribution in [0.4, 0.5) is 5.69 Å². The summed E-state index contributed by atoms with van der Waals surface area (Å²) in [5.41, 5.74) is 3.97. The van der Waals surface area contributed by atoms with Crippen molar-refractivity contribution in [2.75, 3.05) is 0 Å². The first-order valence-corrected chi connectivity index (χ1v) is 7.27. The number of carbonyl (C=O) groups excluding carboxylic acids is 1. The fourth-order valence-electron chi connectivity index (χ4n) is 2.28. The highest BCUT2D eigenvalue weighted by atomic mass is 16.1. The highest BCUT2D eigenvalue weighted by Gasteiger charge is 2.20. The van der Waals surface area contributed by atoms with Gasteiger partial charge in [0, 0.05) is 5.69 Å². The molecule has 1 rings (SSSR count). The third-order valence-corrected chi connectivity index (χ3v) is 3.14. The van der Waals surface area contributed by atoms with Gasteiger partial charge in [0.25, 0.3) is 0 Å². The van der Waals surface area contributed by atoms with Crippen molar-refractivity contribution in [2.24, 2.45) is 10.4 Å². The van der Waals surface area contributed by atoms with Crippen molar-refractivity contribution >= 4 is 11.8 Å². The van der Waals surface area contributed by atoms with E-state index in [-0.39, 0.29) is 11.3 Å². The fourth-order valence-corrected chi connectivity index (χ4v) is 2.28. The molecule has 0 N–H and O–H groups in total. The number of aliphatic imine (C=N–C) groups is 1. The minimum atomic E-state index is 0.185. The first-order valence-electron chi connectivity index (χ1n) is 7.27. The van der Waals surface area contributed by atoms with Crippen LogP contribution >= 0.6 is 0 Å². The molecule has 0 spiro atoms. The molecule has 1 heterocycles. The Labute approximate surface area is 122 Å². The molecular weight excluding hydrogens is 248 g/mol. The Morgan fingerprint density at radius 2 is 1.80 bits per heavy atom. The number of rotatable bonds is 4. The molecule has 0 atom stereocenters. The lowest BCUT2D eigenvalue weighted by Crippen LogP contribution is -2.12. The highest BCUT2D eigenvalue weighted by molar-refractivity contribution is 5.59. The molecule has 0 aliphatic rings. The number of pyridine rings is 1. The number of hydrogen-bond acceptors (Lipinski definition) is 3. The van der Waals surface area contributed by atoms with Crippen molar-refractivity contribution in [1.29, 1.82) is 0 Å². The topological polar surface area (TPSA) is 42.3 Å². The normalized spacial score (nSPS) is 11.8. The van der Waals surface area contributed by atoms with Gasteiger partial charge in [0.2, 0.25) is 6.08 Å². The number of hydrogen-bond donors (Lipinski definition) is 0. The second-order valence-corrected chi connectivity index (χ2v) is 7.19. The quantitative estimate of drug-likeness (QED) is 0.580. The lowest BCUT2D eigenvalue weighted by atomic mass is 9.88. The van der Waals surface area contributed by atoms with Crippen LogP contribution < -0.4 is 0 Å². The van der Waals surface area contributed by atoms with Crippen LogP contribution in [-0.4, -0.2) is 11.1 Å². The summed E-state index contributed by atoms with van der Waals surface area (Å²) in [7, 11) is 0. The van der Waals surface area contributed by atoms with Crippen molar-refractivity contribution in [2.45, 2.75) is 66.7 Å².